The van der Waals surface area contributed by atoms with Gasteiger partial charge < -0.3 is 36.0 Å². The zero-order chi connectivity index (χ0) is 24.6. The Morgan fingerprint density at radius 2 is 1.37 bits per heavy atom. The maximum atomic E-state index is 6.37. The van der Waals surface area contributed by atoms with Crippen LogP contribution in [0.2, 0.25) is 0 Å². The van der Waals surface area contributed by atoms with Crippen molar-refractivity contribution in [2.75, 3.05) is 39.4 Å². The van der Waals surface area contributed by atoms with Crippen molar-refractivity contribution in [2.24, 2.45) is 11.5 Å². The topological polar surface area (TPSA) is 104 Å². The number of para-hydroxylation sites is 1. The summed E-state index contributed by atoms with van der Waals surface area (Å²) in [6, 6.07) is 20.3. The minimum atomic E-state index is -0.355. The van der Waals surface area contributed by atoms with Gasteiger partial charge in [-0.3, -0.25) is 0 Å². The molecule has 0 aliphatic heterocycles. The molecule has 1 aliphatic carbocycles. The number of hydrogen-bond acceptors (Lipinski definition) is 7. The van der Waals surface area contributed by atoms with Gasteiger partial charge in [0, 0.05) is 31.8 Å². The third-order valence-corrected chi connectivity index (χ3v) is 5.97. The molecule has 182 valence electrons. The summed E-state index contributed by atoms with van der Waals surface area (Å²) in [6.07, 6.45) is 0. The number of fused-ring (bicyclic) bond motifs is 4. The Labute approximate surface area is 208 Å². The molecule has 3 aromatic carbocycles. The monoisotopic (exact) mass is 472 g/mol. The molecule has 4 rings (SSSR count). The van der Waals surface area contributed by atoms with Crippen molar-refractivity contribution < 1.29 is 14.0 Å². The van der Waals surface area contributed by atoms with E-state index in [0.717, 1.165) is 39.1 Å². The number of benzene rings is 3. The summed E-state index contributed by atoms with van der Waals surface area (Å²) in [5, 5.41) is 6.88. The molecule has 6 N–H and O–H groups in total. The molecule has 0 bridgehead atoms. The second-order valence-corrected chi connectivity index (χ2v) is 8.24. The van der Waals surface area contributed by atoms with E-state index in [1.807, 2.05) is 50.2 Å². The molecule has 1 aliphatic rings. The van der Waals surface area contributed by atoms with Crippen LogP contribution in [0.4, 0.5) is 0 Å². The Hall–Kier alpha value is -2.65. The van der Waals surface area contributed by atoms with Gasteiger partial charge in [-0.25, -0.2) is 0 Å². The minimum absolute atomic E-state index is 0.228. The summed E-state index contributed by atoms with van der Waals surface area (Å²) in [5.41, 5.74) is 18.3. The van der Waals surface area contributed by atoms with E-state index in [1.165, 1.54) is 5.56 Å². The smallest absolute Gasteiger partial charge is 0.420 e. The number of nitrogens with one attached hydrogen (secondary N) is 2. The summed E-state index contributed by atoms with van der Waals surface area (Å²) in [6.45, 7) is 7.50. The Kier molecular flexibility index (Phi) is 8.98. The first-order valence-electron chi connectivity index (χ1n) is 12.4. The van der Waals surface area contributed by atoms with Gasteiger partial charge in [0.15, 0.2) is 0 Å². The van der Waals surface area contributed by atoms with E-state index < -0.39 is 0 Å². The quantitative estimate of drug-likeness (QED) is 0.207. The maximum Gasteiger partial charge on any atom is 0.420 e. The van der Waals surface area contributed by atoms with Crippen molar-refractivity contribution in [3.63, 3.8) is 0 Å². The molecule has 0 spiro atoms. The van der Waals surface area contributed by atoms with Crippen LogP contribution in [0, 0.1) is 0 Å². The highest BCUT2D eigenvalue weighted by Gasteiger charge is 2.37. The Morgan fingerprint density at radius 1 is 0.714 bits per heavy atom. The lowest BCUT2D eigenvalue weighted by Crippen LogP contribution is -2.52. The fourth-order valence-electron chi connectivity index (χ4n) is 4.56. The van der Waals surface area contributed by atoms with E-state index in [4.69, 9.17) is 25.5 Å². The van der Waals surface area contributed by atoms with E-state index in [-0.39, 0.29) is 14.1 Å². The lowest BCUT2D eigenvalue weighted by molar-refractivity contribution is 0.341. The largest absolute Gasteiger partial charge is 0.458 e. The van der Waals surface area contributed by atoms with Gasteiger partial charge in [-0.15, -0.1) is 0 Å². The molecule has 35 heavy (non-hydrogen) atoms. The molecule has 0 amide bonds. The molecule has 0 heterocycles. The molecule has 0 aromatic heterocycles. The summed E-state index contributed by atoms with van der Waals surface area (Å²) in [4.78, 5) is 0. The van der Waals surface area contributed by atoms with Crippen LogP contribution < -0.4 is 37.6 Å². The van der Waals surface area contributed by atoms with Crippen LogP contribution in [0.25, 0.3) is 22.3 Å². The lowest BCUT2D eigenvalue weighted by Gasteiger charge is -2.33. The number of rotatable bonds is 14. The molecular weight excluding hydrogens is 438 g/mol. The van der Waals surface area contributed by atoms with Crippen LogP contribution in [-0.2, 0) is 9.31 Å². The number of nitrogens with two attached hydrogens (primary N) is 2. The van der Waals surface area contributed by atoms with Gasteiger partial charge in [-0.05, 0) is 72.9 Å². The molecule has 7 nitrogen and oxygen atoms in total. The van der Waals surface area contributed by atoms with Crippen LogP contribution in [0.5, 0.6) is 11.5 Å². The van der Waals surface area contributed by atoms with Crippen molar-refractivity contribution in [3.05, 3.63) is 60.7 Å². The predicted octanol–water partition coefficient (Wildman–Crippen LogP) is 1.69. The molecular formula is C26H34B2N4O3. The Bertz CT molecular complexity index is 1120. The SMILES string of the molecule is CCOB(NCCN)c1cccc2c1-c1ccc(Oc3ccccc3)c(B(NCCN)OCC)c1-2. The summed E-state index contributed by atoms with van der Waals surface area (Å²) >= 11 is 0. The summed E-state index contributed by atoms with van der Waals surface area (Å²) < 4.78 is 18.6. The second kappa shape index (κ2) is 12.4. The second-order valence-electron chi connectivity index (χ2n) is 8.24. The zero-order valence-corrected chi connectivity index (χ0v) is 20.6. The van der Waals surface area contributed by atoms with Crippen LogP contribution in [0.1, 0.15) is 13.8 Å². The maximum absolute atomic E-state index is 6.37. The van der Waals surface area contributed by atoms with Crippen LogP contribution in [0.15, 0.2) is 60.7 Å². The van der Waals surface area contributed by atoms with Gasteiger partial charge >= 0.3 is 14.1 Å². The van der Waals surface area contributed by atoms with Gasteiger partial charge in [-0.1, -0.05) is 42.5 Å². The lowest BCUT2D eigenvalue weighted by atomic mass is 9.59. The van der Waals surface area contributed by atoms with Crippen molar-refractivity contribution in [3.8, 4) is 33.8 Å². The highest BCUT2D eigenvalue weighted by Crippen LogP contribution is 2.47. The molecule has 3 aromatic rings. The van der Waals surface area contributed by atoms with Gasteiger partial charge in [-0.2, -0.15) is 0 Å². The molecule has 9 heteroatoms. The van der Waals surface area contributed by atoms with Crippen molar-refractivity contribution >= 4 is 25.0 Å². The van der Waals surface area contributed by atoms with Crippen LogP contribution in [-0.4, -0.2) is 53.5 Å². The van der Waals surface area contributed by atoms with E-state index in [9.17, 15) is 0 Å². The van der Waals surface area contributed by atoms with Crippen molar-refractivity contribution in [1.82, 2.24) is 10.5 Å². The average molecular weight is 472 g/mol. The summed E-state index contributed by atoms with van der Waals surface area (Å²) in [5.74, 6) is 1.54. The van der Waals surface area contributed by atoms with Gasteiger partial charge in [0.25, 0.3) is 0 Å². The molecule has 0 saturated heterocycles. The molecule has 0 saturated carbocycles. The first-order chi connectivity index (χ1) is 17.2. The third kappa shape index (κ3) is 5.46. The van der Waals surface area contributed by atoms with Gasteiger partial charge in [0.2, 0.25) is 0 Å². The Morgan fingerprint density at radius 3 is 2.06 bits per heavy atom. The van der Waals surface area contributed by atoms with Crippen molar-refractivity contribution in [2.45, 2.75) is 13.8 Å². The highest BCUT2D eigenvalue weighted by atomic mass is 16.5. The van der Waals surface area contributed by atoms with Gasteiger partial charge in [0.05, 0.1) is 0 Å². The third-order valence-electron chi connectivity index (χ3n) is 5.97. The first kappa shape index (κ1) is 25.4. The normalized spacial score (nSPS) is 11.4. The number of hydrogen-bond donors (Lipinski definition) is 4. The standard InChI is InChI=1S/C26H34B2N4O3/c1-3-33-27(31-17-15-29)22-12-8-11-20-24(22)21-13-14-23(35-19-9-6-5-7-10-19)26(25(20)21)28(34-4-2)32-18-16-30/h5-14,31-32H,3-4,15-18,29-30H2,1-2H3. The fraction of sp³-hybridized carbons (Fsp3) is 0.308. The van der Waals surface area contributed by atoms with Crippen molar-refractivity contribution in [1.29, 1.82) is 0 Å². The molecule has 0 fully saturated rings. The van der Waals surface area contributed by atoms with Crippen LogP contribution in [0.3, 0.4) is 0 Å². The highest BCUT2D eigenvalue weighted by molar-refractivity contribution is 6.70. The number of ether oxygens (including phenoxy) is 1. The van der Waals surface area contributed by atoms with E-state index >= 15 is 0 Å². The summed E-state index contributed by atoms with van der Waals surface area (Å²) in [7, 11) is -0.583. The zero-order valence-electron chi connectivity index (χ0n) is 20.6. The minimum Gasteiger partial charge on any atom is -0.458 e. The average Bonchev–Trinajstić information content (AvgIpc) is 2.88. The van der Waals surface area contributed by atoms with E-state index in [0.29, 0.717) is 39.4 Å². The van der Waals surface area contributed by atoms with Crippen LogP contribution >= 0.6 is 0 Å². The van der Waals surface area contributed by atoms with Gasteiger partial charge in [0.1, 0.15) is 11.5 Å². The predicted molar refractivity (Wildman–Crippen MR) is 146 cm³/mol. The molecule has 0 atom stereocenters. The fourth-order valence-corrected chi connectivity index (χ4v) is 4.56. The Balaban J connectivity index is 1.80. The van der Waals surface area contributed by atoms with E-state index in [1.54, 1.807) is 0 Å². The molecule has 0 unspecified atom stereocenters. The first-order valence-corrected chi connectivity index (χ1v) is 12.4. The van der Waals surface area contributed by atoms with E-state index in [2.05, 4.69) is 34.7 Å². The molecule has 0 radical (unpaired) electrons.